The molecule has 1 aromatic heterocycles. The molecule has 2 saturated heterocycles. The van der Waals surface area contributed by atoms with E-state index in [4.69, 9.17) is 4.74 Å². The second-order valence-corrected chi connectivity index (χ2v) is 8.87. The average Bonchev–Trinajstić information content (AvgIpc) is 2.83. The Kier molecular flexibility index (Phi) is 5.66. The maximum Gasteiger partial charge on any atom is 0.248 e. The number of likely N-dealkylation sites (N-methyl/N-ethyl adjacent to an activating group) is 1. The van der Waals surface area contributed by atoms with E-state index in [9.17, 15) is 9.18 Å². The smallest absolute Gasteiger partial charge is 0.248 e. The van der Waals surface area contributed by atoms with Gasteiger partial charge in [0, 0.05) is 49.9 Å². The van der Waals surface area contributed by atoms with E-state index in [0.717, 1.165) is 54.5 Å². The highest BCUT2D eigenvalue weighted by Crippen LogP contribution is 2.32. The quantitative estimate of drug-likeness (QED) is 0.617. The van der Waals surface area contributed by atoms with Gasteiger partial charge in [-0.15, -0.1) is 0 Å². The van der Waals surface area contributed by atoms with Gasteiger partial charge in [-0.05, 0) is 49.1 Å². The van der Waals surface area contributed by atoms with Gasteiger partial charge in [-0.25, -0.2) is 4.39 Å². The molecule has 0 unspecified atom stereocenters. The number of rotatable bonds is 4. The van der Waals surface area contributed by atoms with Crippen LogP contribution in [0.1, 0.15) is 25.3 Å². The van der Waals surface area contributed by atoms with E-state index in [1.54, 1.807) is 12.3 Å². The Hall–Kier alpha value is -2.83. The summed E-state index contributed by atoms with van der Waals surface area (Å²) in [5.41, 5.74) is 3.19. The number of morpholine rings is 1. The largest absolute Gasteiger partial charge is 0.363 e. The second kappa shape index (κ2) is 8.60. The van der Waals surface area contributed by atoms with E-state index in [1.165, 1.54) is 0 Å². The first-order valence-electron chi connectivity index (χ1n) is 11.3. The van der Waals surface area contributed by atoms with Crippen molar-refractivity contribution in [3.8, 4) is 11.1 Å². The van der Waals surface area contributed by atoms with E-state index in [-0.39, 0.29) is 23.9 Å². The lowest BCUT2D eigenvalue weighted by Gasteiger charge is -2.46. The lowest BCUT2D eigenvalue weighted by molar-refractivity contribution is -0.171. The first-order chi connectivity index (χ1) is 15.5. The SMILES string of the molecule is CCN1CC2(CCN(Cc3ccc(-c4ccc5cccnc5c4)cc3F)CC2)OCC1=O. The highest BCUT2D eigenvalue weighted by Gasteiger charge is 2.41. The van der Waals surface area contributed by atoms with Crippen molar-refractivity contribution in [2.24, 2.45) is 0 Å². The van der Waals surface area contributed by atoms with Crippen LogP contribution in [-0.2, 0) is 16.1 Å². The van der Waals surface area contributed by atoms with Gasteiger partial charge in [-0.3, -0.25) is 14.7 Å². The summed E-state index contributed by atoms with van der Waals surface area (Å²) in [5.74, 6) is -0.106. The van der Waals surface area contributed by atoms with Gasteiger partial charge < -0.3 is 9.64 Å². The molecule has 1 spiro atoms. The van der Waals surface area contributed by atoms with Gasteiger partial charge in [-0.2, -0.15) is 0 Å². The Labute approximate surface area is 187 Å². The minimum atomic E-state index is -0.243. The summed E-state index contributed by atoms with van der Waals surface area (Å²) < 4.78 is 21.0. The molecule has 0 atom stereocenters. The minimum absolute atomic E-state index is 0.0740. The van der Waals surface area contributed by atoms with E-state index in [0.29, 0.717) is 18.7 Å². The predicted molar refractivity (Wildman–Crippen MR) is 123 cm³/mol. The number of ether oxygens (including phenoxy) is 1. The highest BCUT2D eigenvalue weighted by molar-refractivity contribution is 5.84. The first-order valence-corrected chi connectivity index (χ1v) is 11.3. The van der Waals surface area contributed by atoms with E-state index in [2.05, 4.69) is 9.88 Å². The molecule has 0 saturated carbocycles. The molecule has 2 aliphatic heterocycles. The zero-order chi connectivity index (χ0) is 22.1. The summed E-state index contributed by atoms with van der Waals surface area (Å²) in [4.78, 5) is 20.5. The van der Waals surface area contributed by atoms with Gasteiger partial charge in [0.15, 0.2) is 0 Å². The topological polar surface area (TPSA) is 45.7 Å². The summed E-state index contributed by atoms with van der Waals surface area (Å²) in [6.45, 7) is 5.82. The number of benzene rings is 2. The number of carbonyl (C=O) groups is 1. The zero-order valence-corrected chi connectivity index (χ0v) is 18.4. The van der Waals surface area contributed by atoms with Crippen LogP contribution in [0.4, 0.5) is 4.39 Å². The standard InChI is InChI=1S/C26H28FN3O2/c1-2-30-18-26(32-17-25(30)31)9-12-29(13-10-26)16-22-8-7-20(14-23(22)27)21-6-5-19-4-3-11-28-24(19)15-21/h3-8,11,14-15H,2,9-10,12-13,16-18H2,1H3. The number of piperidine rings is 1. The zero-order valence-electron chi connectivity index (χ0n) is 18.4. The number of pyridine rings is 1. The third-order valence-corrected chi connectivity index (χ3v) is 6.87. The Balaban J connectivity index is 1.25. The van der Waals surface area contributed by atoms with Gasteiger partial charge in [-0.1, -0.05) is 30.3 Å². The number of hydrogen-bond acceptors (Lipinski definition) is 4. The second-order valence-electron chi connectivity index (χ2n) is 8.87. The van der Waals surface area contributed by atoms with Crippen molar-refractivity contribution in [3.63, 3.8) is 0 Å². The normalized spacial score (nSPS) is 19.1. The van der Waals surface area contributed by atoms with Crippen LogP contribution in [0.15, 0.2) is 54.7 Å². The van der Waals surface area contributed by atoms with Crippen LogP contribution in [0.5, 0.6) is 0 Å². The summed E-state index contributed by atoms with van der Waals surface area (Å²) in [6.07, 6.45) is 3.50. The molecule has 0 aliphatic carbocycles. The van der Waals surface area contributed by atoms with Crippen LogP contribution in [0.25, 0.3) is 22.0 Å². The van der Waals surface area contributed by atoms with Crippen molar-refractivity contribution in [2.75, 3.05) is 32.8 Å². The van der Waals surface area contributed by atoms with Crippen molar-refractivity contribution in [3.05, 3.63) is 66.1 Å². The van der Waals surface area contributed by atoms with Gasteiger partial charge in [0.05, 0.1) is 11.1 Å². The van der Waals surface area contributed by atoms with Crippen LogP contribution < -0.4 is 0 Å². The molecule has 0 radical (unpaired) electrons. The highest BCUT2D eigenvalue weighted by atomic mass is 19.1. The van der Waals surface area contributed by atoms with Gasteiger partial charge in [0.25, 0.3) is 0 Å². The average molecular weight is 434 g/mol. The molecule has 2 aliphatic rings. The van der Waals surface area contributed by atoms with Gasteiger partial charge in [0.1, 0.15) is 12.4 Å². The maximum atomic E-state index is 15.0. The van der Waals surface area contributed by atoms with Crippen LogP contribution in [0, 0.1) is 5.82 Å². The molecule has 3 aromatic rings. The molecule has 0 bridgehead atoms. The summed E-state index contributed by atoms with van der Waals surface area (Å²) >= 11 is 0. The molecule has 0 N–H and O–H groups in total. The third kappa shape index (κ3) is 4.12. The fourth-order valence-corrected chi connectivity index (χ4v) is 4.84. The minimum Gasteiger partial charge on any atom is -0.363 e. The van der Waals surface area contributed by atoms with Crippen molar-refractivity contribution >= 4 is 16.8 Å². The molecule has 2 aromatic carbocycles. The molecule has 166 valence electrons. The summed E-state index contributed by atoms with van der Waals surface area (Å²) in [5, 5.41) is 1.07. The van der Waals surface area contributed by atoms with Crippen molar-refractivity contribution in [2.45, 2.75) is 31.9 Å². The molecule has 5 nitrogen and oxygen atoms in total. The molecular weight excluding hydrogens is 405 g/mol. The van der Waals surface area contributed by atoms with Gasteiger partial charge in [0.2, 0.25) is 5.91 Å². The molecular formula is C26H28FN3O2. The number of amides is 1. The Morgan fingerprint density at radius 2 is 1.88 bits per heavy atom. The lowest BCUT2D eigenvalue weighted by Crippen LogP contribution is -2.58. The predicted octanol–water partition coefficient (Wildman–Crippen LogP) is 4.25. The van der Waals surface area contributed by atoms with E-state index < -0.39 is 0 Å². The Morgan fingerprint density at radius 1 is 1.09 bits per heavy atom. The monoisotopic (exact) mass is 433 g/mol. The summed E-state index contributed by atoms with van der Waals surface area (Å²) in [7, 11) is 0. The molecule has 2 fully saturated rings. The fourth-order valence-electron chi connectivity index (χ4n) is 4.84. The number of nitrogens with zero attached hydrogens (tertiary/aromatic N) is 3. The molecule has 3 heterocycles. The number of halogens is 1. The Bertz CT molecular complexity index is 1140. The van der Waals surface area contributed by atoms with E-state index >= 15 is 0 Å². The lowest BCUT2D eigenvalue weighted by atomic mass is 9.89. The number of fused-ring (bicyclic) bond motifs is 1. The number of carbonyl (C=O) groups excluding carboxylic acids is 1. The third-order valence-electron chi connectivity index (χ3n) is 6.87. The van der Waals surface area contributed by atoms with E-state index in [1.807, 2.05) is 54.3 Å². The fraction of sp³-hybridized carbons (Fsp3) is 0.385. The van der Waals surface area contributed by atoms with Crippen LogP contribution >= 0.6 is 0 Å². The molecule has 5 rings (SSSR count). The summed E-state index contributed by atoms with van der Waals surface area (Å²) in [6, 6.07) is 15.5. The van der Waals surface area contributed by atoms with Crippen molar-refractivity contribution in [1.82, 2.24) is 14.8 Å². The molecule has 32 heavy (non-hydrogen) atoms. The number of hydrogen-bond donors (Lipinski definition) is 0. The molecule has 6 heteroatoms. The van der Waals surface area contributed by atoms with Crippen LogP contribution in [0.2, 0.25) is 0 Å². The van der Waals surface area contributed by atoms with Gasteiger partial charge >= 0.3 is 0 Å². The van der Waals surface area contributed by atoms with Crippen molar-refractivity contribution < 1.29 is 13.9 Å². The maximum absolute atomic E-state index is 15.0. The van der Waals surface area contributed by atoms with Crippen LogP contribution in [0.3, 0.4) is 0 Å². The van der Waals surface area contributed by atoms with Crippen molar-refractivity contribution in [1.29, 1.82) is 0 Å². The molecule has 1 amide bonds. The number of aromatic nitrogens is 1. The first kappa shape index (κ1) is 21.0. The van der Waals surface area contributed by atoms with Crippen LogP contribution in [-0.4, -0.2) is 59.1 Å². The Morgan fingerprint density at radius 3 is 2.66 bits per heavy atom. The number of likely N-dealkylation sites (tertiary alicyclic amines) is 1.